The van der Waals surface area contributed by atoms with Gasteiger partial charge in [-0.3, -0.25) is 9.79 Å². The summed E-state index contributed by atoms with van der Waals surface area (Å²) in [5.41, 5.74) is 4.73. The number of aromatic nitrogens is 2. The van der Waals surface area contributed by atoms with E-state index in [9.17, 15) is 4.79 Å². The molecule has 7 heteroatoms. The van der Waals surface area contributed by atoms with Crippen LogP contribution in [0.25, 0.3) is 10.9 Å². The van der Waals surface area contributed by atoms with Gasteiger partial charge in [0.1, 0.15) is 0 Å². The van der Waals surface area contributed by atoms with Gasteiger partial charge in [-0.2, -0.15) is 0 Å². The van der Waals surface area contributed by atoms with Crippen LogP contribution in [0, 0.1) is 0 Å². The number of aromatic amines is 1. The Balaban J connectivity index is 0.00000289. The van der Waals surface area contributed by atoms with E-state index in [1.54, 1.807) is 23.7 Å². The minimum atomic E-state index is 0. The highest BCUT2D eigenvalue weighted by molar-refractivity contribution is 14.0. The van der Waals surface area contributed by atoms with Crippen molar-refractivity contribution >= 4 is 40.8 Å². The SMILES string of the molecule is CN=C(NCCc1c[nH]c2ccccc12)NCc1ccc(Cn2ccccc2=O)cc1.I. The van der Waals surface area contributed by atoms with Crippen LogP contribution in [-0.4, -0.2) is 29.1 Å². The lowest BCUT2D eigenvalue weighted by molar-refractivity contribution is 0.758. The first-order valence-corrected chi connectivity index (χ1v) is 10.5. The van der Waals surface area contributed by atoms with E-state index < -0.39 is 0 Å². The zero-order chi connectivity index (χ0) is 21.5. The first-order chi connectivity index (χ1) is 15.2. The van der Waals surface area contributed by atoms with Crippen LogP contribution in [0.1, 0.15) is 16.7 Å². The molecule has 166 valence electrons. The highest BCUT2D eigenvalue weighted by Gasteiger charge is 2.04. The molecule has 0 unspecified atom stereocenters. The van der Waals surface area contributed by atoms with Gasteiger partial charge in [-0.05, 0) is 35.2 Å². The fourth-order valence-electron chi connectivity index (χ4n) is 3.61. The van der Waals surface area contributed by atoms with Crippen molar-refractivity contribution in [2.24, 2.45) is 4.99 Å². The quantitative estimate of drug-likeness (QED) is 0.189. The van der Waals surface area contributed by atoms with Gasteiger partial charge in [-0.15, -0.1) is 24.0 Å². The minimum absolute atomic E-state index is 0. The molecule has 0 aliphatic heterocycles. The molecule has 3 N–H and O–H groups in total. The lowest BCUT2D eigenvalue weighted by Crippen LogP contribution is -2.37. The van der Waals surface area contributed by atoms with E-state index in [0.717, 1.165) is 30.1 Å². The van der Waals surface area contributed by atoms with Crippen molar-refractivity contribution in [2.75, 3.05) is 13.6 Å². The number of pyridine rings is 1. The first-order valence-electron chi connectivity index (χ1n) is 10.5. The average Bonchev–Trinajstić information content (AvgIpc) is 3.22. The Hall–Kier alpha value is -3.07. The lowest BCUT2D eigenvalue weighted by atomic mass is 10.1. The molecule has 0 saturated carbocycles. The molecular weight excluding hydrogens is 513 g/mol. The second-order valence-electron chi connectivity index (χ2n) is 7.45. The summed E-state index contributed by atoms with van der Waals surface area (Å²) in [5.74, 6) is 0.778. The van der Waals surface area contributed by atoms with E-state index in [1.807, 2.05) is 18.3 Å². The van der Waals surface area contributed by atoms with Gasteiger partial charge < -0.3 is 20.2 Å². The Labute approximate surface area is 204 Å². The largest absolute Gasteiger partial charge is 0.361 e. The molecule has 0 saturated heterocycles. The number of guanidine groups is 1. The fourth-order valence-corrected chi connectivity index (χ4v) is 3.61. The minimum Gasteiger partial charge on any atom is -0.361 e. The molecule has 2 aromatic heterocycles. The third-order valence-electron chi connectivity index (χ3n) is 5.32. The predicted molar refractivity (Wildman–Crippen MR) is 142 cm³/mol. The number of para-hydroxylation sites is 1. The molecule has 0 fully saturated rings. The normalized spacial score (nSPS) is 11.2. The number of fused-ring (bicyclic) bond motifs is 1. The smallest absolute Gasteiger partial charge is 0.250 e. The van der Waals surface area contributed by atoms with Gasteiger partial charge in [0.25, 0.3) is 5.56 Å². The van der Waals surface area contributed by atoms with Crippen molar-refractivity contribution < 1.29 is 0 Å². The Morgan fingerprint density at radius 3 is 2.50 bits per heavy atom. The zero-order valence-electron chi connectivity index (χ0n) is 18.0. The molecule has 0 bridgehead atoms. The van der Waals surface area contributed by atoms with Gasteiger partial charge in [0.05, 0.1) is 6.54 Å². The zero-order valence-corrected chi connectivity index (χ0v) is 20.4. The van der Waals surface area contributed by atoms with Crippen LogP contribution in [-0.2, 0) is 19.5 Å². The molecule has 0 spiro atoms. The van der Waals surface area contributed by atoms with E-state index in [4.69, 9.17) is 0 Å². The molecule has 2 heterocycles. The molecule has 6 nitrogen and oxygen atoms in total. The highest BCUT2D eigenvalue weighted by atomic mass is 127. The fraction of sp³-hybridized carbons (Fsp3) is 0.200. The summed E-state index contributed by atoms with van der Waals surface area (Å²) in [6.45, 7) is 2.05. The maximum atomic E-state index is 11.9. The number of hydrogen-bond acceptors (Lipinski definition) is 2. The second-order valence-corrected chi connectivity index (χ2v) is 7.45. The third-order valence-corrected chi connectivity index (χ3v) is 5.32. The van der Waals surface area contributed by atoms with Gasteiger partial charge in [0.2, 0.25) is 0 Å². The summed E-state index contributed by atoms with van der Waals surface area (Å²) < 4.78 is 1.70. The molecule has 2 aromatic carbocycles. The Bertz CT molecular complexity index is 1230. The molecule has 0 aliphatic rings. The molecule has 32 heavy (non-hydrogen) atoms. The average molecular weight is 541 g/mol. The predicted octanol–water partition coefficient (Wildman–Crippen LogP) is 3.90. The number of benzene rings is 2. The topological polar surface area (TPSA) is 74.2 Å². The van der Waals surface area contributed by atoms with E-state index in [-0.39, 0.29) is 29.5 Å². The van der Waals surface area contributed by atoms with Crippen molar-refractivity contribution in [3.8, 4) is 0 Å². The van der Waals surface area contributed by atoms with Crippen molar-refractivity contribution in [2.45, 2.75) is 19.5 Å². The molecule has 4 rings (SSSR count). The summed E-state index contributed by atoms with van der Waals surface area (Å²) in [6.07, 6.45) is 4.80. The van der Waals surface area contributed by atoms with Gasteiger partial charge >= 0.3 is 0 Å². The number of halogens is 1. The summed E-state index contributed by atoms with van der Waals surface area (Å²) in [4.78, 5) is 19.5. The number of hydrogen-bond donors (Lipinski definition) is 3. The van der Waals surface area contributed by atoms with Crippen molar-refractivity contribution in [1.82, 2.24) is 20.2 Å². The number of H-pyrrole nitrogens is 1. The standard InChI is InChI=1S/C25H27N5O.HI/c1-26-25(27-14-13-21-17-28-23-7-3-2-6-22(21)23)29-16-19-9-11-20(12-10-19)18-30-15-5-4-8-24(30)31;/h2-12,15,17,28H,13-14,16,18H2,1H3,(H2,26,27,29);1H. The first kappa shape index (κ1) is 23.6. The van der Waals surface area contributed by atoms with Gasteiger partial charge in [-0.1, -0.05) is 48.5 Å². The molecule has 4 aromatic rings. The molecular formula is C25H28IN5O. The maximum absolute atomic E-state index is 11.9. The summed E-state index contributed by atoms with van der Waals surface area (Å²) in [6, 6.07) is 21.8. The summed E-state index contributed by atoms with van der Waals surface area (Å²) >= 11 is 0. The second kappa shape index (κ2) is 11.5. The van der Waals surface area contributed by atoms with Gasteiger partial charge in [-0.25, -0.2) is 0 Å². The lowest BCUT2D eigenvalue weighted by Gasteiger charge is -2.12. The van der Waals surface area contributed by atoms with Crippen LogP contribution in [0.5, 0.6) is 0 Å². The Kier molecular flexibility index (Phi) is 8.49. The van der Waals surface area contributed by atoms with Crippen LogP contribution in [0.3, 0.4) is 0 Å². The van der Waals surface area contributed by atoms with Crippen molar-refractivity contribution in [3.05, 3.63) is 106 Å². The third kappa shape index (κ3) is 6.00. The Morgan fingerprint density at radius 2 is 1.72 bits per heavy atom. The molecule has 0 radical (unpaired) electrons. The summed E-state index contributed by atoms with van der Waals surface area (Å²) in [7, 11) is 1.78. The van der Waals surface area contributed by atoms with Crippen LogP contribution in [0.4, 0.5) is 0 Å². The van der Waals surface area contributed by atoms with Crippen LogP contribution in [0.2, 0.25) is 0 Å². The van der Waals surface area contributed by atoms with Crippen molar-refractivity contribution in [1.29, 1.82) is 0 Å². The molecule has 0 aliphatic carbocycles. The Morgan fingerprint density at radius 1 is 0.969 bits per heavy atom. The van der Waals surface area contributed by atoms with Crippen molar-refractivity contribution in [3.63, 3.8) is 0 Å². The van der Waals surface area contributed by atoms with E-state index in [2.05, 4.69) is 69.3 Å². The molecule has 0 atom stereocenters. The van der Waals surface area contributed by atoms with Gasteiger partial charge in [0, 0.05) is 49.5 Å². The number of aliphatic imine (C=N–C) groups is 1. The summed E-state index contributed by atoms with van der Waals surface area (Å²) in [5, 5.41) is 8.01. The van der Waals surface area contributed by atoms with E-state index in [1.165, 1.54) is 16.5 Å². The van der Waals surface area contributed by atoms with E-state index >= 15 is 0 Å². The van der Waals surface area contributed by atoms with Crippen LogP contribution >= 0.6 is 24.0 Å². The number of rotatable bonds is 7. The van der Waals surface area contributed by atoms with Crippen LogP contribution in [0.15, 0.2) is 88.9 Å². The van der Waals surface area contributed by atoms with E-state index in [0.29, 0.717) is 13.1 Å². The van der Waals surface area contributed by atoms with Crippen LogP contribution < -0.4 is 16.2 Å². The highest BCUT2D eigenvalue weighted by Crippen LogP contribution is 2.17. The number of nitrogens with zero attached hydrogens (tertiary/aromatic N) is 2. The maximum Gasteiger partial charge on any atom is 0.250 e. The number of nitrogens with one attached hydrogen (secondary N) is 3. The van der Waals surface area contributed by atoms with Gasteiger partial charge in [0.15, 0.2) is 5.96 Å². The monoisotopic (exact) mass is 541 g/mol. The molecule has 0 amide bonds.